The summed E-state index contributed by atoms with van der Waals surface area (Å²) in [5.41, 5.74) is 6.00. The normalized spacial score (nSPS) is 26.1. The zero-order valence-corrected chi connectivity index (χ0v) is 46.3. The summed E-state index contributed by atoms with van der Waals surface area (Å²) in [6, 6.07) is 17.6. The Balaban J connectivity index is 0.000000190. The van der Waals surface area contributed by atoms with Gasteiger partial charge in [-0.2, -0.15) is 0 Å². The van der Waals surface area contributed by atoms with Crippen LogP contribution in [0.1, 0.15) is 175 Å². The number of hydrogen-bond acceptors (Lipinski definition) is 10. The topological polar surface area (TPSA) is 238 Å². The van der Waals surface area contributed by atoms with Crippen molar-refractivity contribution < 1.29 is 49.2 Å². The lowest BCUT2D eigenvalue weighted by molar-refractivity contribution is -0.145. The van der Waals surface area contributed by atoms with Gasteiger partial charge >= 0.3 is 0 Å². The lowest BCUT2D eigenvalue weighted by Crippen LogP contribution is -2.57. The van der Waals surface area contributed by atoms with Crippen LogP contribution in [0.25, 0.3) is 0 Å². The summed E-state index contributed by atoms with van der Waals surface area (Å²) in [5, 5.41) is 54.4. The number of nitrogens with one attached hydrogen (secondary N) is 4. The Hall–Kier alpha value is -7.10. The monoisotopic (exact) mass is 1070 g/mol. The van der Waals surface area contributed by atoms with Crippen LogP contribution in [0.2, 0.25) is 0 Å². The van der Waals surface area contributed by atoms with Crippen molar-refractivity contribution in [3.8, 4) is 23.0 Å². The van der Waals surface area contributed by atoms with Crippen molar-refractivity contribution in [1.29, 1.82) is 0 Å². The maximum atomic E-state index is 14.2. The Kier molecular flexibility index (Phi) is 15.7. The van der Waals surface area contributed by atoms with Crippen molar-refractivity contribution in [1.82, 2.24) is 31.1 Å². The number of amides is 6. The van der Waals surface area contributed by atoms with Gasteiger partial charge in [-0.25, -0.2) is 0 Å². The molecule has 6 amide bonds. The molecule has 16 nitrogen and oxygen atoms in total. The summed E-state index contributed by atoms with van der Waals surface area (Å²) in [6.07, 6.45) is 8.06. The fourth-order valence-electron chi connectivity index (χ4n) is 13.4. The van der Waals surface area contributed by atoms with E-state index in [0.29, 0.717) is 47.9 Å². The molecule has 0 radical (unpaired) electrons. The molecule has 0 saturated carbocycles. The van der Waals surface area contributed by atoms with Crippen molar-refractivity contribution in [2.75, 3.05) is 0 Å². The van der Waals surface area contributed by atoms with E-state index in [9.17, 15) is 49.2 Å². The van der Waals surface area contributed by atoms with E-state index in [-0.39, 0.29) is 95.2 Å². The average Bonchev–Trinajstić information content (AvgIpc) is 3.95. The van der Waals surface area contributed by atoms with Crippen molar-refractivity contribution in [3.63, 3.8) is 0 Å². The molecule has 10 rings (SSSR count). The molecular formula is C62H78N6O10. The van der Waals surface area contributed by atoms with Crippen LogP contribution < -0.4 is 21.3 Å². The number of aromatic hydroxyl groups is 4. The van der Waals surface area contributed by atoms with Gasteiger partial charge in [0.15, 0.2) is 23.0 Å². The number of aryl methyl sites for hydroxylation is 2. The highest BCUT2D eigenvalue weighted by molar-refractivity contribution is 5.96. The Labute approximate surface area is 457 Å². The van der Waals surface area contributed by atoms with E-state index < -0.39 is 47.1 Å². The smallest absolute Gasteiger partial charge is 0.246 e. The molecule has 4 aliphatic heterocycles. The third-order valence-electron chi connectivity index (χ3n) is 17.9. The van der Waals surface area contributed by atoms with Crippen molar-refractivity contribution in [3.05, 3.63) is 117 Å². The van der Waals surface area contributed by atoms with Gasteiger partial charge in [-0.1, -0.05) is 110 Å². The summed E-state index contributed by atoms with van der Waals surface area (Å²) >= 11 is 0. The molecule has 0 aromatic heterocycles. The van der Waals surface area contributed by atoms with Gasteiger partial charge in [0.05, 0.1) is 24.2 Å². The Bertz CT molecular complexity index is 2980. The Morgan fingerprint density at radius 2 is 1.00 bits per heavy atom. The van der Waals surface area contributed by atoms with E-state index in [4.69, 9.17) is 0 Å². The number of phenolic OH excluding ortho intramolecular Hbond substituents is 4. The summed E-state index contributed by atoms with van der Waals surface area (Å²) < 4.78 is 0. The number of hydrogen-bond donors (Lipinski definition) is 8. The summed E-state index contributed by atoms with van der Waals surface area (Å²) in [6.45, 7) is 15.3. The second kappa shape index (κ2) is 22.0. The molecule has 6 aliphatic rings. The largest absolute Gasteiger partial charge is 0.504 e. The van der Waals surface area contributed by atoms with E-state index in [1.54, 1.807) is 15.9 Å². The van der Waals surface area contributed by atoms with E-state index in [0.717, 1.165) is 49.7 Å². The number of fused-ring (bicyclic) bond motifs is 8. The maximum absolute atomic E-state index is 14.2. The minimum atomic E-state index is -0.890. The third kappa shape index (κ3) is 10.5. The first-order chi connectivity index (χ1) is 37.0. The fourth-order valence-corrected chi connectivity index (χ4v) is 13.4. The van der Waals surface area contributed by atoms with E-state index in [1.807, 2.05) is 79.7 Å². The highest BCUT2D eigenvalue weighted by Gasteiger charge is 2.58. The lowest BCUT2D eigenvalue weighted by Gasteiger charge is -2.36. The first-order valence-corrected chi connectivity index (χ1v) is 28.1. The average molecular weight is 1070 g/mol. The minimum Gasteiger partial charge on any atom is -0.504 e. The van der Waals surface area contributed by atoms with Crippen LogP contribution >= 0.6 is 0 Å². The van der Waals surface area contributed by atoms with Gasteiger partial charge in [0.25, 0.3) is 0 Å². The molecule has 0 bridgehead atoms. The number of carbonyl (C=O) groups is 6. The molecule has 2 fully saturated rings. The lowest BCUT2D eigenvalue weighted by atomic mass is 9.80. The molecular weight excluding hydrogens is 989 g/mol. The molecule has 2 unspecified atom stereocenters. The molecule has 10 atom stereocenters. The predicted octanol–water partition coefficient (Wildman–Crippen LogP) is 8.09. The van der Waals surface area contributed by atoms with Gasteiger partial charge in [-0.05, 0) is 132 Å². The van der Waals surface area contributed by atoms with Crippen LogP contribution in [0.5, 0.6) is 23.0 Å². The number of carbonyl (C=O) groups excluding carboxylic acids is 6. The van der Waals surface area contributed by atoms with Crippen LogP contribution in [0, 0.1) is 22.7 Å². The highest BCUT2D eigenvalue weighted by Crippen LogP contribution is 2.54. The molecule has 8 N–H and O–H groups in total. The maximum Gasteiger partial charge on any atom is 0.246 e. The minimum absolute atomic E-state index is 0.131. The quantitative estimate of drug-likeness (QED) is 0.0711. The van der Waals surface area contributed by atoms with Gasteiger partial charge in [0.1, 0.15) is 24.2 Å². The standard InChI is InChI=1S/2C31H39N3O5/c1-5-17(2)28(37)33-23-13-19-14-25(35)26(36)15-21(19)24-16-31(3,4)27(34(24)30(23)39)29(38)32-22-12-8-10-18-9-6-7-11-20(18)22;1-5-17(2)28(37)33-22-15-19-13-14-24(35)26(36)25(19)23-16-31(3,4)27(34(23)30(22)39)29(38)32-21-12-8-10-18-9-6-7-11-20(18)21/h6-7,9,11,14-15,17,22-24,27,35-36H,5,8,10,12-13,16H2,1-4H3,(H,32,38)(H,33,37);6-7,9,11,13-14,17,21-23,27,35-36H,5,8,10,12,15-16H2,1-4H3,(H,32,38)(H,33,37)/t17-,22-,23+,24-,27?;17-,21-,22+,23-,27?/m11/s1. The van der Waals surface area contributed by atoms with Gasteiger partial charge in [-0.3, -0.25) is 28.8 Å². The van der Waals surface area contributed by atoms with Gasteiger partial charge in [0, 0.05) is 30.2 Å². The molecule has 2 aliphatic carbocycles. The number of nitrogens with zero attached hydrogens (tertiary/aromatic N) is 2. The zero-order chi connectivity index (χ0) is 56.1. The Morgan fingerprint density at radius 1 is 0.551 bits per heavy atom. The van der Waals surface area contributed by atoms with Crippen LogP contribution in [-0.4, -0.2) is 89.8 Å². The molecule has 0 spiro atoms. The van der Waals surface area contributed by atoms with Crippen LogP contribution in [-0.2, 0) is 54.5 Å². The van der Waals surface area contributed by atoms with E-state index >= 15 is 0 Å². The Morgan fingerprint density at radius 3 is 1.50 bits per heavy atom. The van der Waals surface area contributed by atoms with E-state index in [1.165, 1.54) is 29.3 Å². The van der Waals surface area contributed by atoms with Gasteiger partial charge < -0.3 is 51.5 Å². The van der Waals surface area contributed by atoms with E-state index in [2.05, 4.69) is 45.5 Å². The number of rotatable bonds is 10. The molecule has 4 aromatic carbocycles. The summed E-state index contributed by atoms with van der Waals surface area (Å²) in [5.74, 6) is -3.21. The zero-order valence-electron chi connectivity index (χ0n) is 46.3. The fraction of sp³-hybridized carbons (Fsp3) is 0.516. The molecule has 4 aromatic rings. The highest BCUT2D eigenvalue weighted by atomic mass is 16.3. The van der Waals surface area contributed by atoms with Crippen LogP contribution in [0.15, 0.2) is 72.8 Å². The number of phenols is 4. The molecule has 4 heterocycles. The van der Waals surface area contributed by atoms with Crippen molar-refractivity contribution in [2.45, 2.75) is 181 Å². The van der Waals surface area contributed by atoms with Crippen molar-refractivity contribution in [2.24, 2.45) is 22.7 Å². The first kappa shape index (κ1) is 55.6. The molecule has 78 heavy (non-hydrogen) atoms. The van der Waals surface area contributed by atoms with Crippen LogP contribution in [0.4, 0.5) is 0 Å². The summed E-state index contributed by atoms with van der Waals surface area (Å²) in [7, 11) is 0. The molecule has 2 saturated heterocycles. The van der Waals surface area contributed by atoms with Crippen molar-refractivity contribution >= 4 is 35.4 Å². The second-order valence-electron chi connectivity index (χ2n) is 24.2. The van der Waals surface area contributed by atoms with Gasteiger partial charge in [-0.15, -0.1) is 0 Å². The summed E-state index contributed by atoms with van der Waals surface area (Å²) in [4.78, 5) is 85.6. The molecule has 416 valence electrons. The third-order valence-corrected chi connectivity index (χ3v) is 17.9. The van der Waals surface area contributed by atoms with Crippen LogP contribution in [0.3, 0.4) is 0 Å². The number of benzene rings is 4. The van der Waals surface area contributed by atoms with Gasteiger partial charge in [0.2, 0.25) is 35.4 Å². The SMILES string of the molecule is CC[C@@H](C)C(=O)N[C@H]1Cc2cc(O)c(O)cc2[C@H]2CC(C)(C)C(C(=O)N[C@@H]3CCCc4ccccc43)N2C1=O.CC[C@@H](C)C(=O)N[C@H]1Cc2ccc(O)c(O)c2[C@H]2CC(C)(C)C(C(=O)N[C@@H]3CCCc4ccccc43)N2C1=O. The predicted molar refractivity (Wildman–Crippen MR) is 294 cm³/mol. The first-order valence-electron chi connectivity index (χ1n) is 28.1. The molecule has 16 heteroatoms. The second-order valence-corrected chi connectivity index (χ2v) is 24.2.